The normalized spacial score (nSPS) is 15.0. The molecular formula is C25H23N5O3S. The lowest BCUT2D eigenvalue weighted by molar-refractivity contribution is 0.102. The van der Waals surface area contributed by atoms with Gasteiger partial charge in [-0.15, -0.1) is 10.2 Å². The fraction of sp³-hybridized carbons (Fsp3) is 0.200. The summed E-state index contributed by atoms with van der Waals surface area (Å²) in [5, 5.41) is 10.8. The molecule has 0 radical (unpaired) electrons. The van der Waals surface area contributed by atoms with Gasteiger partial charge >= 0.3 is 0 Å². The van der Waals surface area contributed by atoms with Crippen LogP contribution in [-0.4, -0.2) is 34.4 Å². The van der Waals surface area contributed by atoms with E-state index in [0.29, 0.717) is 11.7 Å². The minimum absolute atomic E-state index is 0.290. The summed E-state index contributed by atoms with van der Waals surface area (Å²) in [4.78, 5) is 17.2. The summed E-state index contributed by atoms with van der Waals surface area (Å²) >= 11 is -1.93. The number of hydrogen-bond donors (Lipinski definition) is 2. The fourth-order valence-electron chi connectivity index (χ4n) is 3.80. The second kappa shape index (κ2) is 9.28. The van der Waals surface area contributed by atoms with Gasteiger partial charge in [-0.2, -0.15) is 0 Å². The number of hydrogen-bond acceptors (Lipinski definition) is 5. The van der Waals surface area contributed by atoms with Crippen LogP contribution in [0.5, 0.6) is 0 Å². The summed E-state index contributed by atoms with van der Waals surface area (Å²) < 4.78 is 22.7. The zero-order valence-electron chi connectivity index (χ0n) is 18.5. The second-order valence-corrected chi connectivity index (χ2v) is 9.56. The number of rotatable bonds is 7. The van der Waals surface area contributed by atoms with Gasteiger partial charge in [0.1, 0.15) is 12.0 Å². The van der Waals surface area contributed by atoms with Gasteiger partial charge < -0.3 is 14.4 Å². The van der Waals surface area contributed by atoms with E-state index in [0.717, 1.165) is 40.9 Å². The van der Waals surface area contributed by atoms with Crippen molar-refractivity contribution < 1.29 is 13.6 Å². The molecule has 2 N–H and O–H groups in total. The van der Waals surface area contributed by atoms with E-state index in [1.165, 1.54) is 0 Å². The van der Waals surface area contributed by atoms with Crippen LogP contribution < -0.4 is 5.32 Å². The monoisotopic (exact) mass is 473 g/mol. The van der Waals surface area contributed by atoms with Gasteiger partial charge in [0.2, 0.25) is 0 Å². The molecule has 0 spiro atoms. The van der Waals surface area contributed by atoms with E-state index in [1.807, 2.05) is 54.6 Å². The predicted molar refractivity (Wildman–Crippen MR) is 131 cm³/mol. The Balaban J connectivity index is 1.34. The van der Waals surface area contributed by atoms with Gasteiger partial charge in [-0.3, -0.25) is 9.78 Å². The standard InChI is InChI=1S/C25H23N5O3S/c1-16(34(32)33)17-5-7-18(8-6-17)19-11-12-26-23(14-19)25(31)28-21-4-2-3-20(13-21)24-29-27-15-30(24)22-9-10-22/h2-8,11-16,22H,9-10H2,1H3,(H,28,31)(H,32,33). The molecule has 2 unspecified atom stereocenters. The zero-order chi connectivity index (χ0) is 23.7. The minimum Gasteiger partial charge on any atom is -0.321 e. The first kappa shape index (κ1) is 22.1. The molecule has 0 saturated heterocycles. The molecule has 1 aliphatic carbocycles. The SMILES string of the molecule is CC(c1ccc(-c2ccnc(C(=O)Nc3cccc(-c4nncn4C4CC4)c3)c2)cc1)S(=O)O. The number of benzene rings is 2. The Kier molecular flexibility index (Phi) is 6.04. The third-order valence-electron chi connectivity index (χ3n) is 5.90. The average molecular weight is 474 g/mol. The van der Waals surface area contributed by atoms with Crippen molar-refractivity contribution in [1.82, 2.24) is 19.7 Å². The second-order valence-electron chi connectivity index (χ2n) is 8.30. The number of pyridine rings is 1. The van der Waals surface area contributed by atoms with Crippen LogP contribution in [0.15, 0.2) is 73.2 Å². The summed E-state index contributed by atoms with van der Waals surface area (Å²) in [5.74, 6) is 0.477. The van der Waals surface area contributed by atoms with Crippen LogP contribution in [0.2, 0.25) is 0 Å². The van der Waals surface area contributed by atoms with Gasteiger partial charge in [-0.25, -0.2) is 4.21 Å². The largest absolute Gasteiger partial charge is 0.321 e. The number of carbonyl (C=O) groups excluding carboxylic acids is 1. The molecule has 34 heavy (non-hydrogen) atoms. The lowest BCUT2D eigenvalue weighted by Crippen LogP contribution is -2.13. The molecule has 1 aliphatic rings. The van der Waals surface area contributed by atoms with Crippen LogP contribution >= 0.6 is 0 Å². The number of amides is 1. The molecule has 1 amide bonds. The minimum atomic E-state index is -1.93. The third kappa shape index (κ3) is 4.66. The van der Waals surface area contributed by atoms with Crippen molar-refractivity contribution in [1.29, 1.82) is 0 Å². The van der Waals surface area contributed by atoms with E-state index in [2.05, 4.69) is 25.1 Å². The topological polar surface area (TPSA) is 110 Å². The smallest absolute Gasteiger partial charge is 0.274 e. The van der Waals surface area contributed by atoms with E-state index >= 15 is 0 Å². The number of carbonyl (C=O) groups is 1. The molecule has 5 rings (SSSR count). The first-order valence-electron chi connectivity index (χ1n) is 11.0. The number of anilines is 1. The fourth-order valence-corrected chi connectivity index (χ4v) is 4.19. The Morgan fingerprint density at radius 2 is 1.88 bits per heavy atom. The molecule has 2 atom stereocenters. The lowest BCUT2D eigenvalue weighted by atomic mass is 10.0. The molecule has 2 heterocycles. The predicted octanol–water partition coefficient (Wildman–Crippen LogP) is 4.88. The quantitative estimate of drug-likeness (QED) is 0.370. The highest BCUT2D eigenvalue weighted by atomic mass is 32.2. The molecule has 0 bridgehead atoms. The molecule has 0 aliphatic heterocycles. The lowest BCUT2D eigenvalue weighted by Gasteiger charge is -2.10. The molecular weight excluding hydrogens is 450 g/mol. The first-order chi connectivity index (χ1) is 16.5. The molecule has 4 aromatic rings. The summed E-state index contributed by atoms with van der Waals surface area (Å²) in [6.45, 7) is 1.70. The molecule has 2 aromatic heterocycles. The molecule has 8 nitrogen and oxygen atoms in total. The van der Waals surface area contributed by atoms with Gasteiger partial charge in [0, 0.05) is 23.5 Å². The average Bonchev–Trinajstić information content (AvgIpc) is 3.59. The van der Waals surface area contributed by atoms with Crippen molar-refractivity contribution in [3.8, 4) is 22.5 Å². The van der Waals surface area contributed by atoms with Crippen LogP contribution in [0.3, 0.4) is 0 Å². The summed E-state index contributed by atoms with van der Waals surface area (Å²) in [7, 11) is 0. The maximum atomic E-state index is 12.9. The third-order valence-corrected chi connectivity index (χ3v) is 6.78. The van der Waals surface area contributed by atoms with Crippen molar-refractivity contribution in [2.75, 3.05) is 5.32 Å². The van der Waals surface area contributed by atoms with Crippen LogP contribution in [0.4, 0.5) is 5.69 Å². The zero-order valence-corrected chi connectivity index (χ0v) is 19.3. The van der Waals surface area contributed by atoms with Gasteiger partial charge in [-0.1, -0.05) is 36.4 Å². The van der Waals surface area contributed by atoms with Crippen molar-refractivity contribution in [3.63, 3.8) is 0 Å². The summed E-state index contributed by atoms with van der Waals surface area (Å²) in [6, 6.07) is 18.9. The van der Waals surface area contributed by atoms with Gasteiger partial charge in [0.05, 0.1) is 5.25 Å². The van der Waals surface area contributed by atoms with E-state index in [1.54, 1.807) is 25.5 Å². The first-order valence-corrected chi connectivity index (χ1v) is 12.1. The Hall–Kier alpha value is -3.69. The number of aromatic nitrogens is 4. The van der Waals surface area contributed by atoms with Gasteiger partial charge in [0.15, 0.2) is 16.9 Å². The van der Waals surface area contributed by atoms with E-state index in [4.69, 9.17) is 0 Å². The van der Waals surface area contributed by atoms with Crippen molar-refractivity contribution in [2.45, 2.75) is 31.1 Å². The maximum absolute atomic E-state index is 12.9. The van der Waals surface area contributed by atoms with Crippen molar-refractivity contribution in [3.05, 3.63) is 84.4 Å². The van der Waals surface area contributed by atoms with Crippen LogP contribution in [0.25, 0.3) is 22.5 Å². The summed E-state index contributed by atoms with van der Waals surface area (Å²) in [6.07, 6.45) is 5.61. The molecule has 1 saturated carbocycles. The van der Waals surface area contributed by atoms with E-state index in [-0.39, 0.29) is 11.6 Å². The molecule has 1 fully saturated rings. The molecule has 9 heteroatoms. The van der Waals surface area contributed by atoms with Gasteiger partial charge in [0.25, 0.3) is 5.91 Å². The van der Waals surface area contributed by atoms with Crippen molar-refractivity contribution >= 4 is 22.7 Å². The summed E-state index contributed by atoms with van der Waals surface area (Å²) in [5.41, 5.74) is 4.32. The Morgan fingerprint density at radius 3 is 2.62 bits per heavy atom. The number of nitrogens with one attached hydrogen (secondary N) is 1. The van der Waals surface area contributed by atoms with E-state index in [9.17, 15) is 13.6 Å². The van der Waals surface area contributed by atoms with E-state index < -0.39 is 16.3 Å². The van der Waals surface area contributed by atoms with Crippen LogP contribution in [-0.2, 0) is 11.1 Å². The Labute approximate surface area is 199 Å². The van der Waals surface area contributed by atoms with Crippen LogP contribution in [0.1, 0.15) is 47.1 Å². The maximum Gasteiger partial charge on any atom is 0.274 e. The highest BCUT2D eigenvalue weighted by Gasteiger charge is 2.26. The highest BCUT2D eigenvalue weighted by molar-refractivity contribution is 7.79. The van der Waals surface area contributed by atoms with Crippen molar-refractivity contribution in [2.24, 2.45) is 0 Å². The molecule has 172 valence electrons. The van der Waals surface area contributed by atoms with Crippen LogP contribution in [0, 0.1) is 0 Å². The number of nitrogens with zero attached hydrogens (tertiary/aromatic N) is 4. The Morgan fingerprint density at radius 1 is 1.09 bits per heavy atom. The Bertz CT molecular complexity index is 1360. The molecule has 2 aromatic carbocycles. The van der Waals surface area contributed by atoms with Gasteiger partial charge in [-0.05, 0) is 60.7 Å². The highest BCUT2D eigenvalue weighted by Crippen LogP contribution is 2.37.